The minimum absolute atomic E-state index is 0.0817. The highest BCUT2D eigenvalue weighted by Gasteiger charge is 2.34. The molecule has 2 aliphatic rings. The molecule has 6 heteroatoms. The lowest BCUT2D eigenvalue weighted by Crippen LogP contribution is -2.31. The molecule has 3 heterocycles. The Hall–Kier alpha value is -1.07. The van der Waals surface area contributed by atoms with Gasteiger partial charge in [0.05, 0.1) is 17.8 Å². The van der Waals surface area contributed by atoms with E-state index in [4.69, 9.17) is 16.3 Å². The summed E-state index contributed by atoms with van der Waals surface area (Å²) in [6.45, 7) is 3.63. The van der Waals surface area contributed by atoms with Gasteiger partial charge in [-0.2, -0.15) is 5.10 Å². The summed E-state index contributed by atoms with van der Waals surface area (Å²) < 4.78 is 7.31. The number of hydrogen-bond acceptors (Lipinski definition) is 3. The molecule has 2 atom stereocenters. The van der Waals surface area contributed by atoms with Crippen LogP contribution in [0.25, 0.3) is 0 Å². The number of aromatic nitrogens is 2. The summed E-state index contributed by atoms with van der Waals surface area (Å²) in [6, 6.07) is 0.0817. The van der Waals surface area contributed by atoms with Gasteiger partial charge in [0.1, 0.15) is 5.15 Å². The number of carbonyl (C=O) groups excluding carboxylic acids is 1. The SMILES string of the molecule is Cc1nn(C)c(Cl)c1[C@@H]1CCCN1C(=O)CC[C@H]1CCCO1. The summed E-state index contributed by atoms with van der Waals surface area (Å²) in [5.41, 5.74) is 1.95. The molecule has 1 amide bonds. The van der Waals surface area contributed by atoms with E-state index in [1.165, 1.54) is 0 Å². The van der Waals surface area contributed by atoms with Crippen LogP contribution in [0.2, 0.25) is 5.15 Å². The maximum Gasteiger partial charge on any atom is 0.223 e. The second kappa shape index (κ2) is 6.59. The lowest BCUT2D eigenvalue weighted by molar-refractivity contribution is -0.132. The van der Waals surface area contributed by atoms with E-state index in [0.29, 0.717) is 11.6 Å². The maximum absolute atomic E-state index is 12.6. The van der Waals surface area contributed by atoms with Crippen LogP contribution in [-0.2, 0) is 16.6 Å². The highest BCUT2D eigenvalue weighted by Crippen LogP contribution is 2.38. The molecule has 2 aliphatic heterocycles. The van der Waals surface area contributed by atoms with Gasteiger partial charge in [-0.15, -0.1) is 0 Å². The predicted molar refractivity (Wildman–Crippen MR) is 84.9 cm³/mol. The molecule has 5 nitrogen and oxygen atoms in total. The number of halogens is 1. The van der Waals surface area contributed by atoms with Crippen LogP contribution in [0.15, 0.2) is 0 Å². The molecule has 1 aromatic heterocycles. The molecule has 3 rings (SSSR count). The molecule has 0 N–H and O–H groups in total. The van der Waals surface area contributed by atoms with Crippen molar-refractivity contribution in [1.82, 2.24) is 14.7 Å². The standard InChI is InChI=1S/C16H24ClN3O2/c1-11-15(16(17)19(2)18-11)13-6-3-9-20(13)14(21)8-7-12-5-4-10-22-12/h12-13H,3-10H2,1-2H3/t12-,13+/m1/s1. The first-order chi connectivity index (χ1) is 10.6. The number of amides is 1. The highest BCUT2D eigenvalue weighted by molar-refractivity contribution is 6.30. The van der Waals surface area contributed by atoms with Gasteiger partial charge in [-0.05, 0) is 39.0 Å². The number of hydrogen-bond donors (Lipinski definition) is 0. The van der Waals surface area contributed by atoms with Crippen molar-refractivity contribution in [3.63, 3.8) is 0 Å². The van der Waals surface area contributed by atoms with Crippen LogP contribution >= 0.6 is 11.6 Å². The van der Waals surface area contributed by atoms with Gasteiger partial charge in [0.2, 0.25) is 5.91 Å². The fourth-order valence-electron chi connectivity index (χ4n) is 3.69. The van der Waals surface area contributed by atoms with Gasteiger partial charge in [0, 0.05) is 32.2 Å². The van der Waals surface area contributed by atoms with Crippen molar-refractivity contribution in [2.45, 2.75) is 57.6 Å². The Morgan fingerprint density at radius 1 is 1.41 bits per heavy atom. The molecule has 22 heavy (non-hydrogen) atoms. The molecule has 0 bridgehead atoms. The van der Waals surface area contributed by atoms with Crippen molar-refractivity contribution >= 4 is 17.5 Å². The zero-order valence-electron chi connectivity index (χ0n) is 13.3. The number of carbonyl (C=O) groups is 1. The molecule has 0 radical (unpaired) electrons. The van der Waals surface area contributed by atoms with Crippen LogP contribution < -0.4 is 0 Å². The van der Waals surface area contributed by atoms with Crippen LogP contribution in [0.5, 0.6) is 0 Å². The van der Waals surface area contributed by atoms with Gasteiger partial charge in [-0.1, -0.05) is 11.6 Å². The molecule has 2 fully saturated rings. The Labute approximate surface area is 136 Å². The number of rotatable bonds is 4. The summed E-state index contributed by atoms with van der Waals surface area (Å²) in [4.78, 5) is 14.6. The fourth-order valence-corrected chi connectivity index (χ4v) is 3.99. The van der Waals surface area contributed by atoms with Gasteiger partial charge in [-0.3, -0.25) is 9.48 Å². The third kappa shape index (κ3) is 3.01. The molecular weight excluding hydrogens is 302 g/mol. The Bertz CT molecular complexity index is 552. The van der Waals surface area contributed by atoms with E-state index < -0.39 is 0 Å². The molecule has 0 aliphatic carbocycles. The molecule has 0 unspecified atom stereocenters. The van der Waals surface area contributed by atoms with E-state index in [9.17, 15) is 4.79 Å². The van der Waals surface area contributed by atoms with Crippen molar-refractivity contribution in [3.05, 3.63) is 16.4 Å². The molecule has 122 valence electrons. The van der Waals surface area contributed by atoms with Crippen molar-refractivity contribution in [3.8, 4) is 0 Å². The zero-order chi connectivity index (χ0) is 15.7. The fraction of sp³-hybridized carbons (Fsp3) is 0.750. The van der Waals surface area contributed by atoms with E-state index in [2.05, 4.69) is 5.10 Å². The summed E-state index contributed by atoms with van der Waals surface area (Å²) >= 11 is 6.39. The topological polar surface area (TPSA) is 47.4 Å². The first kappa shape index (κ1) is 15.8. The summed E-state index contributed by atoms with van der Waals surface area (Å²) in [5, 5.41) is 5.04. The van der Waals surface area contributed by atoms with Crippen molar-refractivity contribution in [2.75, 3.05) is 13.2 Å². The van der Waals surface area contributed by atoms with Gasteiger partial charge < -0.3 is 9.64 Å². The Morgan fingerprint density at radius 2 is 2.23 bits per heavy atom. The molecule has 2 saturated heterocycles. The van der Waals surface area contributed by atoms with Crippen molar-refractivity contribution in [2.24, 2.45) is 7.05 Å². The second-order valence-electron chi connectivity index (χ2n) is 6.33. The summed E-state index contributed by atoms with van der Waals surface area (Å²) in [6.07, 6.45) is 5.88. The number of nitrogens with zero attached hydrogens (tertiary/aromatic N) is 3. The van der Waals surface area contributed by atoms with Gasteiger partial charge in [0.15, 0.2) is 0 Å². The van der Waals surface area contributed by atoms with Crippen LogP contribution in [0, 0.1) is 6.92 Å². The van der Waals surface area contributed by atoms with E-state index >= 15 is 0 Å². The lowest BCUT2D eigenvalue weighted by atomic mass is 10.0. The average molecular weight is 326 g/mol. The number of ether oxygens (including phenoxy) is 1. The lowest BCUT2D eigenvalue weighted by Gasteiger charge is -2.25. The van der Waals surface area contributed by atoms with Gasteiger partial charge >= 0.3 is 0 Å². The van der Waals surface area contributed by atoms with Crippen LogP contribution in [0.3, 0.4) is 0 Å². The van der Waals surface area contributed by atoms with Gasteiger partial charge in [0.25, 0.3) is 0 Å². The van der Waals surface area contributed by atoms with Crippen LogP contribution in [0.4, 0.5) is 0 Å². The molecule has 1 aromatic rings. The molecular formula is C16H24ClN3O2. The Balaban J connectivity index is 1.68. The van der Waals surface area contributed by atoms with Crippen molar-refractivity contribution in [1.29, 1.82) is 0 Å². The van der Waals surface area contributed by atoms with E-state index in [-0.39, 0.29) is 18.1 Å². The third-order valence-corrected chi connectivity index (χ3v) is 5.25. The van der Waals surface area contributed by atoms with Crippen molar-refractivity contribution < 1.29 is 9.53 Å². The largest absolute Gasteiger partial charge is 0.378 e. The normalized spacial score (nSPS) is 25.1. The van der Waals surface area contributed by atoms with Crippen LogP contribution in [-0.4, -0.2) is 39.8 Å². The number of likely N-dealkylation sites (tertiary alicyclic amines) is 1. The van der Waals surface area contributed by atoms with E-state index in [0.717, 1.165) is 56.5 Å². The van der Waals surface area contributed by atoms with Gasteiger partial charge in [-0.25, -0.2) is 0 Å². The monoisotopic (exact) mass is 325 g/mol. The maximum atomic E-state index is 12.6. The highest BCUT2D eigenvalue weighted by atomic mass is 35.5. The Kier molecular flexibility index (Phi) is 4.73. The minimum atomic E-state index is 0.0817. The average Bonchev–Trinajstić information content (AvgIpc) is 3.19. The van der Waals surface area contributed by atoms with Crippen LogP contribution in [0.1, 0.15) is 55.8 Å². The molecule has 0 aromatic carbocycles. The van der Waals surface area contributed by atoms with E-state index in [1.807, 2.05) is 18.9 Å². The van der Waals surface area contributed by atoms with E-state index in [1.54, 1.807) is 4.68 Å². The first-order valence-electron chi connectivity index (χ1n) is 8.18. The smallest absolute Gasteiger partial charge is 0.223 e. The zero-order valence-corrected chi connectivity index (χ0v) is 14.1. The summed E-state index contributed by atoms with van der Waals surface area (Å²) in [5.74, 6) is 0.220. The summed E-state index contributed by atoms with van der Waals surface area (Å²) in [7, 11) is 1.84. The first-order valence-corrected chi connectivity index (χ1v) is 8.55. The molecule has 0 saturated carbocycles. The minimum Gasteiger partial charge on any atom is -0.378 e. The number of aryl methyl sites for hydroxylation is 2. The quantitative estimate of drug-likeness (QED) is 0.855. The Morgan fingerprint density at radius 3 is 2.86 bits per heavy atom. The molecule has 0 spiro atoms. The predicted octanol–water partition coefficient (Wildman–Crippen LogP) is 3.00. The third-order valence-electron chi connectivity index (χ3n) is 4.81. The second-order valence-corrected chi connectivity index (χ2v) is 6.69.